The van der Waals surface area contributed by atoms with Gasteiger partial charge in [0.1, 0.15) is 5.60 Å². The lowest BCUT2D eigenvalue weighted by Crippen LogP contribution is -2.58. The molecule has 0 radical (unpaired) electrons. The molecule has 0 aromatic carbocycles. The molecule has 6 heteroatoms. The highest BCUT2D eigenvalue weighted by Crippen LogP contribution is 2.67. The Bertz CT molecular complexity index is 1040. The van der Waals surface area contributed by atoms with E-state index in [1.54, 1.807) is 0 Å². The highest BCUT2D eigenvalue weighted by molar-refractivity contribution is 5.82. The molecule has 1 aliphatic heterocycles. The molecule has 214 valence electrons. The second-order valence-corrected chi connectivity index (χ2v) is 15.7. The van der Waals surface area contributed by atoms with Crippen LogP contribution in [0.25, 0.3) is 0 Å². The van der Waals surface area contributed by atoms with Crippen LogP contribution in [0.2, 0.25) is 0 Å². The molecule has 8 aliphatic carbocycles. The Kier molecular flexibility index (Phi) is 5.61. The van der Waals surface area contributed by atoms with E-state index in [9.17, 15) is 14.4 Å². The van der Waals surface area contributed by atoms with Gasteiger partial charge in [-0.15, -0.1) is 0 Å². The molecule has 0 aromatic heterocycles. The van der Waals surface area contributed by atoms with Gasteiger partial charge in [-0.25, -0.2) is 4.79 Å². The number of esters is 3. The average molecular weight is 539 g/mol. The lowest BCUT2D eigenvalue weighted by molar-refractivity contribution is -0.209. The van der Waals surface area contributed by atoms with Crippen LogP contribution in [0.3, 0.4) is 0 Å². The summed E-state index contributed by atoms with van der Waals surface area (Å²) in [6.45, 7) is 7.42. The number of hydrogen-bond acceptors (Lipinski definition) is 6. The first kappa shape index (κ1) is 25.1. The molecule has 0 N–H and O–H groups in total. The lowest BCUT2D eigenvalue weighted by Gasteiger charge is -2.59. The van der Waals surface area contributed by atoms with Crippen molar-refractivity contribution in [1.82, 2.24) is 0 Å². The Labute approximate surface area is 232 Å². The first-order valence-electron chi connectivity index (χ1n) is 16.3. The van der Waals surface area contributed by atoms with E-state index >= 15 is 0 Å². The third-order valence-electron chi connectivity index (χ3n) is 14.2. The van der Waals surface area contributed by atoms with Gasteiger partial charge in [0.15, 0.2) is 0 Å². The summed E-state index contributed by atoms with van der Waals surface area (Å²) >= 11 is 0. The molecule has 9 rings (SSSR count). The molecular weight excluding hydrogens is 492 g/mol. The van der Waals surface area contributed by atoms with E-state index in [-0.39, 0.29) is 29.4 Å². The summed E-state index contributed by atoms with van der Waals surface area (Å²) in [6.07, 6.45) is 10.4. The summed E-state index contributed by atoms with van der Waals surface area (Å²) in [5.74, 6) is 6.51. The van der Waals surface area contributed by atoms with E-state index in [1.165, 1.54) is 38.5 Å². The molecule has 9 fully saturated rings. The Hall–Kier alpha value is -1.59. The molecule has 6 nitrogen and oxygen atoms in total. The normalized spacial score (nSPS) is 56.3. The molecule has 8 saturated carbocycles. The van der Waals surface area contributed by atoms with Gasteiger partial charge in [-0.2, -0.15) is 0 Å². The van der Waals surface area contributed by atoms with Crippen molar-refractivity contribution in [2.45, 2.75) is 96.7 Å². The minimum atomic E-state index is -0.712. The molecule has 1 saturated heterocycles. The zero-order chi connectivity index (χ0) is 26.8. The van der Waals surface area contributed by atoms with Gasteiger partial charge >= 0.3 is 17.9 Å². The third kappa shape index (κ3) is 3.60. The van der Waals surface area contributed by atoms with E-state index in [1.807, 2.05) is 0 Å². The monoisotopic (exact) mass is 538 g/mol. The highest BCUT2D eigenvalue weighted by atomic mass is 16.6. The zero-order valence-corrected chi connectivity index (χ0v) is 23.9. The summed E-state index contributed by atoms with van der Waals surface area (Å²) in [5.41, 5.74) is -0.244. The van der Waals surface area contributed by atoms with E-state index in [0.29, 0.717) is 72.2 Å². The van der Waals surface area contributed by atoms with Gasteiger partial charge in [0.05, 0.1) is 18.4 Å². The topological polar surface area (TPSA) is 78.9 Å². The molecule has 8 bridgehead atoms. The number of hydrogen-bond donors (Lipinski definition) is 0. The third-order valence-corrected chi connectivity index (χ3v) is 14.2. The van der Waals surface area contributed by atoms with Gasteiger partial charge in [-0.05, 0) is 136 Å². The van der Waals surface area contributed by atoms with Crippen LogP contribution >= 0.6 is 0 Å². The minimum Gasteiger partial charge on any atom is -0.463 e. The molecule has 1 heterocycles. The number of rotatable bonds is 5. The van der Waals surface area contributed by atoms with Gasteiger partial charge in [-0.3, -0.25) is 9.59 Å². The van der Waals surface area contributed by atoms with Gasteiger partial charge in [0.25, 0.3) is 0 Å². The first-order chi connectivity index (χ1) is 18.7. The second-order valence-electron chi connectivity index (χ2n) is 15.7. The standard InChI is InChI=1S/C33H46O6/c1-15-19-11-24(26(12-19)31(35)39-33(3)21-7-17-6-18(9-21)10-22(33)8-17)29(15)28-16(2)23-13-20(28)14-25(23)30(34)38-27-4-5-37-32(27)36/h15-29H,4-14H2,1-3H3. The molecule has 11 unspecified atom stereocenters. The summed E-state index contributed by atoms with van der Waals surface area (Å²) in [6, 6.07) is 0. The maximum absolute atomic E-state index is 14.0. The highest BCUT2D eigenvalue weighted by Gasteiger charge is 2.64. The number of ether oxygens (including phenoxy) is 3. The van der Waals surface area contributed by atoms with Gasteiger partial charge in [-0.1, -0.05) is 13.8 Å². The van der Waals surface area contributed by atoms with Crippen LogP contribution in [0.4, 0.5) is 0 Å². The first-order valence-corrected chi connectivity index (χ1v) is 16.3. The molecule has 0 aromatic rings. The predicted molar refractivity (Wildman–Crippen MR) is 142 cm³/mol. The summed E-state index contributed by atoms with van der Waals surface area (Å²) in [4.78, 5) is 38.9. The van der Waals surface area contributed by atoms with E-state index in [0.717, 1.165) is 31.1 Å². The molecule has 0 amide bonds. The Balaban J connectivity index is 0.957. The fourth-order valence-corrected chi connectivity index (χ4v) is 12.6. The summed E-state index contributed by atoms with van der Waals surface area (Å²) < 4.78 is 17.3. The van der Waals surface area contributed by atoms with Crippen LogP contribution in [-0.2, 0) is 28.6 Å². The summed E-state index contributed by atoms with van der Waals surface area (Å²) in [7, 11) is 0. The van der Waals surface area contributed by atoms with Gasteiger partial charge < -0.3 is 14.2 Å². The Morgan fingerprint density at radius 1 is 0.769 bits per heavy atom. The maximum Gasteiger partial charge on any atom is 0.347 e. The van der Waals surface area contributed by atoms with Crippen LogP contribution in [0.5, 0.6) is 0 Å². The van der Waals surface area contributed by atoms with Gasteiger partial charge in [0.2, 0.25) is 6.10 Å². The Morgan fingerprint density at radius 3 is 2.03 bits per heavy atom. The predicted octanol–water partition coefficient (Wildman–Crippen LogP) is 5.42. The van der Waals surface area contributed by atoms with Crippen molar-refractivity contribution in [3.8, 4) is 0 Å². The Morgan fingerprint density at radius 2 is 1.41 bits per heavy atom. The SMILES string of the molecule is CC1C2CC(CC2C(=O)OC2CCOC2=O)C1C1C(C)C2CC(C(=O)OC3(C)C4CC5CC(C4)CC3C5)C1C2. The minimum absolute atomic E-state index is 0.0608. The van der Waals surface area contributed by atoms with Crippen molar-refractivity contribution in [3.63, 3.8) is 0 Å². The van der Waals surface area contributed by atoms with Gasteiger partial charge in [0, 0.05) is 6.42 Å². The van der Waals surface area contributed by atoms with Crippen LogP contribution in [-0.4, -0.2) is 36.2 Å². The molecule has 9 aliphatic rings. The smallest absolute Gasteiger partial charge is 0.347 e. The average Bonchev–Trinajstić information content (AvgIpc) is 3.71. The molecule has 11 atom stereocenters. The number of carbonyl (C=O) groups excluding carboxylic acids is 3. The van der Waals surface area contributed by atoms with Crippen molar-refractivity contribution in [3.05, 3.63) is 0 Å². The van der Waals surface area contributed by atoms with Crippen molar-refractivity contribution < 1.29 is 28.6 Å². The largest absolute Gasteiger partial charge is 0.463 e. The molecule has 39 heavy (non-hydrogen) atoms. The quantitative estimate of drug-likeness (QED) is 0.344. The fraction of sp³-hybridized carbons (Fsp3) is 0.909. The van der Waals surface area contributed by atoms with E-state index in [4.69, 9.17) is 14.2 Å². The fourth-order valence-electron chi connectivity index (χ4n) is 12.6. The van der Waals surface area contributed by atoms with E-state index in [2.05, 4.69) is 20.8 Å². The van der Waals surface area contributed by atoms with Crippen molar-refractivity contribution in [1.29, 1.82) is 0 Å². The number of cyclic esters (lactones) is 1. The lowest BCUT2D eigenvalue weighted by atomic mass is 9.50. The second kappa shape index (κ2) is 8.71. The summed E-state index contributed by atoms with van der Waals surface area (Å²) in [5, 5.41) is 0. The molecular formula is C33H46O6. The molecule has 0 spiro atoms. The van der Waals surface area contributed by atoms with E-state index < -0.39 is 12.1 Å². The van der Waals surface area contributed by atoms with Crippen LogP contribution in [0, 0.1) is 82.9 Å². The van der Waals surface area contributed by atoms with Crippen LogP contribution in [0.15, 0.2) is 0 Å². The van der Waals surface area contributed by atoms with Crippen molar-refractivity contribution >= 4 is 17.9 Å². The zero-order valence-electron chi connectivity index (χ0n) is 23.9. The van der Waals surface area contributed by atoms with Crippen LogP contribution < -0.4 is 0 Å². The van der Waals surface area contributed by atoms with Crippen molar-refractivity contribution in [2.24, 2.45) is 82.9 Å². The van der Waals surface area contributed by atoms with Crippen LogP contribution in [0.1, 0.15) is 85.0 Å². The van der Waals surface area contributed by atoms with Crippen molar-refractivity contribution in [2.75, 3.05) is 6.61 Å². The number of carbonyl (C=O) groups is 3. The number of fused-ring (bicyclic) bond motifs is 4. The maximum atomic E-state index is 14.0.